The summed E-state index contributed by atoms with van der Waals surface area (Å²) in [7, 11) is -3.73. The molecule has 3 aromatic rings. The van der Waals surface area contributed by atoms with Gasteiger partial charge in [0.2, 0.25) is 5.91 Å². The number of hydrogen-bond donors (Lipinski definition) is 0. The van der Waals surface area contributed by atoms with E-state index in [2.05, 4.69) is 30.9 Å². The van der Waals surface area contributed by atoms with E-state index >= 15 is 0 Å². The fraction of sp³-hybridized carbons (Fsp3) is 0.455. The van der Waals surface area contributed by atoms with Gasteiger partial charge in [0.1, 0.15) is 10.3 Å². The van der Waals surface area contributed by atoms with Gasteiger partial charge in [0, 0.05) is 32.7 Å². The third-order valence-corrected chi connectivity index (χ3v) is 11.3. The number of hydrogen-bond acceptors (Lipinski definition) is 7. The Morgan fingerprint density at radius 3 is 2.42 bits per heavy atom. The van der Waals surface area contributed by atoms with E-state index in [1.54, 1.807) is 22.3 Å². The highest BCUT2D eigenvalue weighted by molar-refractivity contribution is 7.91. The van der Waals surface area contributed by atoms with E-state index < -0.39 is 16.1 Å². The average Bonchev–Trinajstić information content (AvgIpc) is 3.55. The normalized spacial score (nSPS) is 20.2. The van der Waals surface area contributed by atoms with Crippen molar-refractivity contribution in [3.8, 4) is 0 Å². The lowest BCUT2D eigenvalue weighted by Gasteiger charge is -2.37. The molecule has 33 heavy (non-hydrogen) atoms. The van der Waals surface area contributed by atoms with Crippen molar-refractivity contribution in [2.45, 2.75) is 36.9 Å². The predicted molar refractivity (Wildman–Crippen MR) is 134 cm³/mol. The van der Waals surface area contributed by atoms with Crippen molar-refractivity contribution in [3.05, 3.63) is 39.7 Å². The monoisotopic (exact) mass is 524 g/mol. The summed E-state index contributed by atoms with van der Waals surface area (Å²) >= 11 is 8.68. The van der Waals surface area contributed by atoms with Crippen LogP contribution in [0.1, 0.15) is 24.0 Å². The van der Waals surface area contributed by atoms with Crippen molar-refractivity contribution < 1.29 is 13.2 Å². The molecule has 1 atom stereocenters. The molecule has 0 N–H and O–H groups in total. The molecule has 2 aromatic heterocycles. The second-order valence-electron chi connectivity index (χ2n) is 8.52. The number of piperazine rings is 1. The number of carbonyl (C=O) groups excluding carboxylic acids is 1. The minimum Gasteiger partial charge on any atom is -0.345 e. The molecule has 5 rings (SSSR count). The summed E-state index contributed by atoms with van der Waals surface area (Å²) in [5.74, 6) is -0.102. The van der Waals surface area contributed by atoms with Gasteiger partial charge in [-0.15, -0.1) is 11.3 Å². The van der Waals surface area contributed by atoms with Gasteiger partial charge < -0.3 is 9.80 Å². The Labute approximate surface area is 206 Å². The zero-order chi connectivity index (χ0) is 23.3. The number of aromatic nitrogens is 1. The third kappa shape index (κ3) is 4.16. The highest BCUT2D eigenvalue weighted by Crippen LogP contribution is 2.35. The van der Waals surface area contributed by atoms with Gasteiger partial charge in [0.15, 0.2) is 5.13 Å². The first-order valence-corrected chi connectivity index (χ1v) is 14.4. The second kappa shape index (κ2) is 8.81. The van der Waals surface area contributed by atoms with E-state index in [0.717, 1.165) is 22.0 Å². The van der Waals surface area contributed by atoms with Crippen LogP contribution in [-0.2, 0) is 14.8 Å². The van der Waals surface area contributed by atoms with Crippen LogP contribution < -0.4 is 4.90 Å². The van der Waals surface area contributed by atoms with E-state index in [-0.39, 0.29) is 10.1 Å². The number of thiophene rings is 1. The molecule has 0 spiro atoms. The van der Waals surface area contributed by atoms with E-state index in [1.165, 1.54) is 26.2 Å². The Hall–Kier alpha value is -1.72. The molecule has 176 valence electrons. The van der Waals surface area contributed by atoms with Crippen molar-refractivity contribution in [1.29, 1.82) is 0 Å². The maximum Gasteiger partial charge on any atom is 0.253 e. The molecule has 0 bridgehead atoms. The van der Waals surface area contributed by atoms with Crippen LogP contribution >= 0.6 is 34.3 Å². The molecule has 2 aliphatic rings. The van der Waals surface area contributed by atoms with Gasteiger partial charge in [0.25, 0.3) is 10.0 Å². The summed E-state index contributed by atoms with van der Waals surface area (Å²) < 4.78 is 29.4. The Balaban J connectivity index is 1.29. The minimum absolute atomic E-state index is 0.102. The van der Waals surface area contributed by atoms with Crippen LogP contribution in [0.15, 0.2) is 28.5 Å². The smallest absolute Gasteiger partial charge is 0.253 e. The molecule has 1 amide bonds. The van der Waals surface area contributed by atoms with Gasteiger partial charge in [-0.3, -0.25) is 4.79 Å². The van der Waals surface area contributed by atoms with E-state index in [4.69, 9.17) is 16.6 Å². The number of benzene rings is 1. The second-order valence-corrected chi connectivity index (χ2v) is 13.3. The van der Waals surface area contributed by atoms with Crippen LogP contribution in [0.2, 0.25) is 4.34 Å². The van der Waals surface area contributed by atoms with Gasteiger partial charge in [-0.1, -0.05) is 35.1 Å². The lowest BCUT2D eigenvalue weighted by atomic mass is 10.1. The molecule has 0 aliphatic carbocycles. The zero-order valence-corrected chi connectivity index (χ0v) is 21.7. The molecule has 0 saturated carbocycles. The molecule has 1 unspecified atom stereocenters. The first-order valence-electron chi connectivity index (χ1n) is 10.9. The van der Waals surface area contributed by atoms with Gasteiger partial charge in [-0.25, -0.2) is 13.4 Å². The molecule has 2 fully saturated rings. The molecule has 0 radical (unpaired) electrons. The molecule has 1 aromatic carbocycles. The average molecular weight is 525 g/mol. The van der Waals surface area contributed by atoms with Crippen molar-refractivity contribution in [3.63, 3.8) is 0 Å². The van der Waals surface area contributed by atoms with Crippen LogP contribution in [0.5, 0.6) is 0 Å². The Morgan fingerprint density at radius 1 is 1.03 bits per heavy atom. The zero-order valence-electron chi connectivity index (χ0n) is 18.5. The summed E-state index contributed by atoms with van der Waals surface area (Å²) in [6, 6.07) is 6.68. The molecular formula is C22H25ClN4O3S3. The number of rotatable bonds is 4. The Bertz CT molecular complexity index is 1270. The predicted octanol–water partition coefficient (Wildman–Crippen LogP) is 4.13. The summed E-state index contributed by atoms with van der Waals surface area (Å²) in [6.45, 7) is 7.02. The van der Waals surface area contributed by atoms with Crippen molar-refractivity contribution in [2.24, 2.45) is 0 Å². The van der Waals surface area contributed by atoms with Crippen molar-refractivity contribution >= 4 is 65.6 Å². The van der Waals surface area contributed by atoms with Crippen molar-refractivity contribution in [1.82, 2.24) is 14.2 Å². The van der Waals surface area contributed by atoms with Gasteiger partial charge in [-0.2, -0.15) is 4.31 Å². The van der Waals surface area contributed by atoms with E-state index in [9.17, 15) is 13.2 Å². The number of carbonyl (C=O) groups is 1. The number of halogens is 1. The lowest BCUT2D eigenvalue weighted by molar-refractivity contribution is -0.134. The Kier molecular flexibility index (Phi) is 6.15. The van der Waals surface area contributed by atoms with Crippen molar-refractivity contribution in [2.75, 3.05) is 37.6 Å². The first-order chi connectivity index (χ1) is 15.8. The van der Waals surface area contributed by atoms with E-state index in [0.29, 0.717) is 49.9 Å². The number of sulfonamides is 1. The molecule has 4 heterocycles. The number of aryl methyl sites for hydroxylation is 2. The quantitative estimate of drug-likeness (QED) is 0.513. The molecule has 2 aliphatic heterocycles. The molecule has 7 nitrogen and oxygen atoms in total. The largest absolute Gasteiger partial charge is 0.345 e. The van der Waals surface area contributed by atoms with Gasteiger partial charge in [-0.05, 0) is 49.9 Å². The summed E-state index contributed by atoms with van der Waals surface area (Å²) in [5.41, 5.74) is 3.44. The number of thiazole rings is 1. The maximum atomic E-state index is 13.3. The fourth-order valence-corrected chi connectivity index (χ4v) is 8.97. The molecule has 11 heteroatoms. The van der Waals surface area contributed by atoms with Crippen LogP contribution in [-0.4, -0.2) is 67.3 Å². The third-order valence-electron chi connectivity index (χ3n) is 6.39. The van der Waals surface area contributed by atoms with Crippen LogP contribution in [0.3, 0.4) is 0 Å². The highest BCUT2D eigenvalue weighted by Gasteiger charge is 2.42. The molecule has 2 saturated heterocycles. The molecular weight excluding hydrogens is 500 g/mol. The summed E-state index contributed by atoms with van der Waals surface area (Å²) in [4.78, 5) is 22.2. The number of nitrogens with zero attached hydrogens (tertiary/aromatic N) is 4. The van der Waals surface area contributed by atoms with Crippen LogP contribution in [0.25, 0.3) is 10.2 Å². The Morgan fingerprint density at radius 2 is 1.76 bits per heavy atom. The highest BCUT2D eigenvalue weighted by atomic mass is 35.5. The number of fused-ring (bicyclic) bond motifs is 1. The van der Waals surface area contributed by atoms with Gasteiger partial charge in [0.05, 0.1) is 14.6 Å². The lowest BCUT2D eigenvalue weighted by Crippen LogP contribution is -2.54. The maximum absolute atomic E-state index is 13.3. The minimum atomic E-state index is -3.73. The first kappa shape index (κ1) is 23.0. The fourth-order valence-electron chi connectivity index (χ4n) is 4.54. The summed E-state index contributed by atoms with van der Waals surface area (Å²) in [5, 5.41) is 0.981. The topological polar surface area (TPSA) is 73.8 Å². The number of amides is 1. The number of anilines is 1. The SMILES string of the molecule is Cc1ccc(C)c2sc(N3CCN(C(=O)C4CCCN4S(=O)(=O)c4ccc(Cl)s4)CC3)nc12. The van der Waals surface area contributed by atoms with Gasteiger partial charge >= 0.3 is 0 Å². The van der Waals surface area contributed by atoms with Crippen LogP contribution in [0, 0.1) is 13.8 Å². The summed E-state index contributed by atoms with van der Waals surface area (Å²) in [6.07, 6.45) is 1.23. The standard InChI is InChI=1S/C22H25ClN4O3S3/c1-14-5-6-15(2)20-19(14)24-22(32-20)26-12-10-25(11-13-26)21(28)16-4-3-9-27(16)33(29,30)18-8-7-17(23)31-18/h5-8,16H,3-4,9-13H2,1-2H3. The van der Waals surface area contributed by atoms with Crippen LogP contribution in [0.4, 0.5) is 5.13 Å². The van der Waals surface area contributed by atoms with E-state index in [1.807, 2.05) is 0 Å².